The highest BCUT2D eigenvalue weighted by atomic mass is 16.2. The number of rotatable bonds is 2. The van der Waals surface area contributed by atoms with Gasteiger partial charge in [0.15, 0.2) is 0 Å². The summed E-state index contributed by atoms with van der Waals surface area (Å²) >= 11 is 0. The van der Waals surface area contributed by atoms with Gasteiger partial charge in [0.2, 0.25) is 5.91 Å². The molecule has 3 rings (SSSR count). The number of piperidine rings is 1. The molecule has 1 atom stereocenters. The van der Waals surface area contributed by atoms with Crippen molar-refractivity contribution in [2.24, 2.45) is 0 Å². The number of amides is 1. The fraction of sp³-hybridized carbons (Fsp3) is 0.688. The Labute approximate surface area is 126 Å². The number of hydrogen-bond acceptors (Lipinski definition) is 4. The molecule has 0 N–H and O–H groups in total. The van der Waals surface area contributed by atoms with Crippen LogP contribution in [-0.4, -0.2) is 59.4 Å². The van der Waals surface area contributed by atoms with E-state index in [2.05, 4.69) is 9.88 Å². The van der Waals surface area contributed by atoms with Crippen LogP contribution in [0, 0.1) is 6.92 Å². The van der Waals surface area contributed by atoms with Gasteiger partial charge in [-0.2, -0.15) is 0 Å². The zero-order valence-electron chi connectivity index (χ0n) is 13.2. The molecule has 0 radical (unpaired) electrons. The van der Waals surface area contributed by atoms with Gasteiger partial charge < -0.3 is 4.90 Å². The molecule has 1 amide bonds. The molecule has 2 heterocycles. The van der Waals surface area contributed by atoms with Gasteiger partial charge in [-0.15, -0.1) is 0 Å². The van der Waals surface area contributed by atoms with Gasteiger partial charge in [-0.05, 0) is 44.7 Å². The van der Waals surface area contributed by atoms with E-state index in [1.54, 1.807) is 4.90 Å². The first-order valence-corrected chi connectivity index (χ1v) is 7.76. The van der Waals surface area contributed by atoms with Crippen LogP contribution in [0.15, 0.2) is 6.20 Å². The summed E-state index contributed by atoms with van der Waals surface area (Å²) in [5.41, 5.74) is 2.70. The van der Waals surface area contributed by atoms with E-state index in [9.17, 15) is 4.79 Å². The fourth-order valence-electron chi connectivity index (χ4n) is 3.72. The van der Waals surface area contributed by atoms with Crippen LogP contribution in [0.1, 0.15) is 36.3 Å². The molecule has 1 unspecified atom stereocenters. The Balaban J connectivity index is 1.81. The van der Waals surface area contributed by atoms with E-state index in [4.69, 9.17) is 4.98 Å². The van der Waals surface area contributed by atoms with Crippen molar-refractivity contribution in [3.05, 3.63) is 23.3 Å². The Kier molecular flexibility index (Phi) is 3.69. The lowest BCUT2D eigenvalue weighted by atomic mass is 9.77. The third-order valence-corrected chi connectivity index (χ3v) is 4.87. The number of likely N-dealkylation sites (N-methyl/N-ethyl adjacent to an activating group) is 1. The van der Waals surface area contributed by atoms with Crippen molar-refractivity contribution in [3.8, 4) is 0 Å². The Hall–Kier alpha value is -1.49. The van der Waals surface area contributed by atoms with Crippen molar-refractivity contribution in [1.29, 1.82) is 0 Å². The molecule has 1 aromatic rings. The third kappa shape index (κ3) is 2.67. The zero-order chi connectivity index (χ0) is 15.0. The summed E-state index contributed by atoms with van der Waals surface area (Å²) in [6.45, 7) is 4.45. The zero-order valence-corrected chi connectivity index (χ0v) is 13.2. The minimum absolute atomic E-state index is 0.147. The lowest BCUT2D eigenvalue weighted by Crippen LogP contribution is -2.48. The monoisotopic (exact) mass is 288 g/mol. The highest BCUT2D eigenvalue weighted by Gasteiger charge is 2.43. The maximum absolute atomic E-state index is 12.0. The molecular formula is C16H24N4O. The van der Waals surface area contributed by atoms with Crippen LogP contribution >= 0.6 is 0 Å². The van der Waals surface area contributed by atoms with Gasteiger partial charge in [0.05, 0.1) is 12.2 Å². The van der Waals surface area contributed by atoms with Crippen LogP contribution in [0.3, 0.4) is 0 Å². The molecule has 1 aromatic heterocycles. The average molecular weight is 288 g/mol. The van der Waals surface area contributed by atoms with Crippen molar-refractivity contribution in [2.75, 3.05) is 33.7 Å². The summed E-state index contributed by atoms with van der Waals surface area (Å²) in [5, 5.41) is 0. The topological polar surface area (TPSA) is 49.3 Å². The molecule has 114 valence electrons. The first-order valence-electron chi connectivity index (χ1n) is 7.76. The molecule has 1 aliphatic carbocycles. The van der Waals surface area contributed by atoms with E-state index < -0.39 is 0 Å². The molecule has 21 heavy (non-hydrogen) atoms. The van der Waals surface area contributed by atoms with E-state index in [0.717, 1.165) is 38.2 Å². The number of nitrogens with zero attached hydrogens (tertiary/aromatic N) is 4. The number of carbonyl (C=O) groups is 1. The van der Waals surface area contributed by atoms with Gasteiger partial charge in [0.1, 0.15) is 5.82 Å². The van der Waals surface area contributed by atoms with Gasteiger partial charge in [0.25, 0.3) is 0 Å². The molecular weight excluding hydrogens is 264 g/mol. The number of fused-ring (bicyclic) bond motifs is 2. The highest BCUT2D eigenvalue weighted by molar-refractivity contribution is 5.77. The molecule has 1 fully saturated rings. The molecule has 5 heteroatoms. The number of hydrogen-bond donors (Lipinski definition) is 0. The van der Waals surface area contributed by atoms with E-state index in [1.165, 1.54) is 17.7 Å². The summed E-state index contributed by atoms with van der Waals surface area (Å²) in [5.74, 6) is 1.04. The van der Waals surface area contributed by atoms with Gasteiger partial charge in [-0.1, -0.05) is 0 Å². The van der Waals surface area contributed by atoms with Gasteiger partial charge in [-0.3, -0.25) is 9.69 Å². The lowest BCUT2D eigenvalue weighted by molar-refractivity contribution is -0.130. The first kappa shape index (κ1) is 14.4. The number of carbonyl (C=O) groups excluding carboxylic acids is 1. The summed E-state index contributed by atoms with van der Waals surface area (Å²) in [6.07, 6.45) is 6.54. The van der Waals surface area contributed by atoms with E-state index in [-0.39, 0.29) is 11.3 Å². The minimum atomic E-state index is 0.147. The number of aryl methyl sites for hydroxylation is 2. The third-order valence-electron chi connectivity index (χ3n) is 4.87. The highest BCUT2D eigenvalue weighted by Crippen LogP contribution is 2.43. The standard InChI is InChI=1S/C16H24N4O/c1-12-17-9-13-5-7-16(15(13)18-12)6-4-8-20(11-16)10-14(21)19(2)3/h9H,4-8,10-11H2,1-3H3. The molecule has 0 aromatic carbocycles. The van der Waals surface area contributed by atoms with Crippen LogP contribution in [0.25, 0.3) is 0 Å². The molecule has 1 spiro atoms. The maximum Gasteiger partial charge on any atom is 0.236 e. The summed E-state index contributed by atoms with van der Waals surface area (Å²) in [4.78, 5) is 25.0. The Morgan fingerprint density at radius 3 is 3.00 bits per heavy atom. The van der Waals surface area contributed by atoms with E-state index in [1.807, 2.05) is 27.2 Å². The van der Waals surface area contributed by atoms with E-state index in [0.29, 0.717) is 6.54 Å². The second-order valence-corrected chi connectivity index (χ2v) is 6.67. The summed E-state index contributed by atoms with van der Waals surface area (Å²) < 4.78 is 0. The second kappa shape index (κ2) is 5.37. The predicted molar refractivity (Wildman–Crippen MR) is 81.1 cm³/mol. The molecule has 1 aliphatic heterocycles. The SMILES string of the molecule is Cc1ncc2c(n1)C1(CCCN(CC(=O)N(C)C)C1)CC2. The Morgan fingerprint density at radius 2 is 2.24 bits per heavy atom. The molecule has 2 aliphatic rings. The van der Waals surface area contributed by atoms with Crippen LogP contribution < -0.4 is 0 Å². The lowest BCUT2D eigenvalue weighted by Gasteiger charge is -2.40. The second-order valence-electron chi connectivity index (χ2n) is 6.67. The summed E-state index contributed by atoms with van der Waals surface area (Å²) in [6, 6.07) is 0. The van der Waals surface area contributed by atoms with Gasteiger partial charge in [0, 0.05) is 32.3 Å². The van der Waals surface area contributed by atoms with Crippen LogP contribution in [-0.2, 0) is 16.6 Å². The number of aromatic nitrogens is 2. The van der Waals surface area contributed by atoms with Gasteiger partial charge in [-0.25, -0.2) is 9.97 Å². The Morgan fingerprint density at radius 1 is 1.43 bits per heavy atom. The minimum Gasteiger partial charge on any atom is -0.348 e. The molecule has 0 saturated carbocycles. The fourth-order valence-corrected chi connectivity index (χ4v) is 3.72. The first-order chi connectivity index (χ1) is 10.00. The smallest absolute Gasteiger partial charge is 0.236 e. The number of likely N-dealkylation sites (tertiary alicyclic amines) is 1. The van der Waals surface area contributed by atoms with Crippen LogP contribution in [0.2, 0.25) is 0 Å². The average Bonchev–Trinajstić information content (AvgIpc) is 2.77. The van der Waals surface area contributed by atoms with E-state index >= 15 is 0 Å². The Bertz CT molecular complexity index is 553. The van der Waals surface area contributed by atoms with Crippen molar-refractivity contribution < 1.29 is 4.79 Å². The van der Waals surface area contributed by atoms with Crippen molar-refractivity contribution in [2.45, 2.75) is 38.0 Å². The predicted octanol–water partition coefficient (Wildman–Crippen LogP) is 1.15. The van der Waals surface area contributed by atoms with Crippen molar-refractivity contribution >= 4 is 5.91 Å². The molecule has 1 saturated heterocycles. The maximum atomic E-state index is 12.0. The molecule has 5 nitrogen and oxygen atoms in total. The van der Waals surface area contributed by atoms with Crippen molar-refractivity contribution in [3.63, 3.8) is 0 Å². The van der Waals surface area contributed by atoms with Crippen LogP contribution in [0.4, 0.5) is 0 Å². The molecule has 0 bridgehead atoms. The van der Waals surface area contributed by atoms with Crippen molar-refractivity contribution in [1.82, 2.24) is 19.8 Å². The van der Waals surface area contributed by atoms with Crippen LogP contribution in [0.5, 0.6) is 0 Å². The van der Waals surface area contributed by atoms with Gasteiger partial charge >= 0.3 is 0 Å². The normalized spacial score (nSPS) is 25.1. The quantitative estimate of drug-likeness (QED) is 0.819. The summed E-state index contributed by atoms with van der Waals surface area (Å²) in [7, 11) is 3.65. The largest absolute Gasteiger partial charge is 0.348 e.